The molecule has 1 aliphatic heterocycles. The molecular formula is C12H12O5. The summed E-state index contributed by atoms with van der Waals surface area (Å²) in [6.07, 6.45) is 0.113. The lowest BCUT2D eigenvalue weighted by molar-refractivity contribution is -0.137. The van der Waals surface area contributed by atoms with E-state index in [0.29, 0.717) is 5.56 Å². The van der Waals surface area contributed by atoms with Gasteiger partial charge in [0.2, 0.25) is 0 Å². The number of esters is 1. The molecule has 17 heavy (non-hydrogen) atoms. The molecule has 0 amide bonds. The lowest BCUT2D eigenvalue weighted by atomic mass is 9.96. The van der Waals surface area contributed by atoms with E-state index in [-0.39, 0.29) is 36.3 Å². The van der Waals surface area contributed by atoms with E-state index < -0.39 is 5.92 Å². The Morgan fingerprint density at radius 1 is 1.53 bits per heavy atom. The molecule has 0 saturated carbocycles. The van der Waals surface area contributed by atoms with Gasteiger partial charge in [0.25, 0.3) is 0 Å². The van der Waals surface area contributed by atoms with Gasteiger partial charge in [-0.2, -0.15) is 0 Å². The van der Waals surface area contributed by atoms with Crippen LogP contribution in [0.15, 0.2) is 18.2 Å². The first-order valence-electron chi connectivity index (χ1n) is 5.18. The predicted octanol–water partition coefficient (Wildman–Crippen LogP) is 1.15. The molecule has 0 spiro atoms. The van der Waals surface area contributed by atoms with Crippen molar-refractivity contribution in [1.29, 1.82) is 0 Å². The topological polar surface area (TPSA) is 72.8 Å². The molecule has 5 nitrogen and oxygen atoms in total. The zero-order valence-electron chi connectivity index (χ0n) is 9.30. The van der Waals surface area contributed by atoms with Crippen LogP contribution in [-0.4, -0.2) is 30.6 Å². The monoisotopic (exact) mass is 236 g/mol. The molecule has 0 unspecified atom stereocenters. The minimum absolute atomic E-state index is 0.0252. The summed E-state index contributed by atoms with van der Waals surface area (Å²) in [6.45, 7) is 0.126. The average molecular weight is 236 g/mol. The van der Waals surface area contributed by atoms with Crippen molar-refractivity contribution >= 4 is 11.8 Å². The SMILES string of the molecule is COc1cc(C(=O)[C@@H]2COC(=O)C2)ccc1O. The summed E-state index contributed by atoms with van der Waals surface area (Å²) >= 11 is 0. The van der Waals surface area contributed by atoms with E-state index in [0.717, 1.165) is 0 Å². The summed E-state index contributed by atoms with van der Waals surface area (Å²) in [5.74, 6) is -0.746. The van der Waals surface area contributed by atoms with E-state index in [2.05, 4.69) is 0 Å². The first-order chi connectivity index (χ1) is 8.11. The van der Waals surface area contributed by atoms with E-state index in [1.54, 1.807) is 0 Å². The van der Waals surface area contributed by atoms with Crippen LogP contribution in [-0.2, 0) is 9.53 Å². The molecule has 0 bridgehead atoms. The number of methoxy groups -OCH3 is 1. The number of phenolic OH excluding ortho intramolecular Hbond substituents is 1. The molecule has 1 aromatic rings. The van der Waals surface area contributed by atoms with E-state index in [9.17, 15) is 14.7 Å². The van der Waals surface area contributed by atoms with Crippen LogP contribution in [0.4, 0.5) is 0 Å². The number of carbonyl (C=O) groups excluding carboxylic acids is 2. The van der Waals surface area contributed by atoms with Crippen molar-refractivity contribution in [3.8, 4) is 11.5 Å². The van der Waals surface area contributed by atoms with Gasteiger partial charge in [-0.3, -0.25) is 9.59 Å². The zero-order valence-corrected chi connectivity index (χ0v) is 9.30. The number of aromatic hydroxyl groups is 1. The highest BCUT2D eigenvalue weighted by Crippen LogP contribution is 2.28. The third-order valence-corrected chi connectivity index (χ3v) is 2.69. The van der Waals surface area contributed by atoms with Crippen molar-refractivity contribution < 1.29 is 24.2 Å². The number of carbonyl (C=O) groups is 2. The third-order valence-electron chi connectivity index (χ3n) is 2.69. The maximum atomic E-state index is 12.0. The summed E-state index contributed by atoms with van der Waals surface area (Å²) in [7, 11) is 1.41. The summed E-state index contributed by atoms with van der Waals surface area (Å²) in [4.78, 5) is 22.9. The fourth-order valence-electron chi connectivity index (χ4n) is 1.75. The molecule has 1 atom stereocenters. The van der Waals surface area contributed by atoms with Crippen LogP contribution in [0.3, 0.4) is 0 Å². The number of cyclic esters (lactones) is 1. The van der Waals surface area contributed by atoms with Gasteiger partial charge in [0.1, 0.15) is 6.61 Å². The molecule has 1 heterocycles. The Labute approximate surface area is 98.0 Å². The smallest absolute Gasteiger partial charge is 0.306 e. The Balaban J connectivity index is 2.22. The van der Waals surface area contributed by atoms with Gasteiger partial charge >= 0.3 is 5.97 Å². The van der Waals surface area contributed by atoms with E-state index >= 15 is 0 Å². The molecule has 1 N–H and O–H groups in total. The molecule has 2 rings (SSSR count). The minimum atomic E-state index is -0.434. The number of ketones is 1. The molecule has 1 aromatic carbocycles. The van der Waals surface area contributed by atoms with Crippen molar-refractivity contribution in [1.82, 2.24) is 0 Å². The minimum Gasteiger partial charge on any atom is -0.504 e. The molecule has 1 saturated heterocycles. The van der Waals surface area contributed by atoms with Crippen molar-refractivity contribution in [2.75, 3.05) is 13.7 Å². The van der Waals surface area contributed by atoms with Crippen molar-refractivity contribution in [3.05, 3.63) is 23.8 Å². The molecule has 0 aliphatic carbocycles. The fourth-order valence-corrected chi connectivity index (χ4v) is 1.75. The second-order valence-corrected chi connectivity index (χ2v) is 3.83. The van der Waals surface area contributed by atoms with Crippen LogP contribution in [0.25, 0.3) is 0 Å². The Morgan fingerprint density at radius 3 is 2.88 bits per heavy atom. The highest BCUT2D eigenvalue weighted by Gasteiger charge is 2.30. The number of hydrogen-bond donors (Lipinski definition) is 1. The number of Topliss-reactive ketones (excluding diaryl/α,β-unsaturated/α-hetero) is 1. The van der Waals surface area contributed by atoms with Crippen LogP contribution in [0, 0.1) is 5.92 Å². The standard InChI is InChI=1S/C12H12O5/c1-16-10-4-7(2-3-9(10)13)12(15)8-5-11(14)17-6-8/h2-4,8,13H,5-6H2,1H3/t8-/m0/s1. The Hall–Kier alpha value is -2.04. The van der Waals surface area contributed by atoms with Crippen LogP contribution >= 0.6 is 0 Å². The molecule has 1 aliphatic rings. The Bertz CT molecular complexity index is 466. The molecule has 90 valence electrons. The number of benzene rings is 1. The van der Waals surface area contributed by atoms with Crippen LogP contribution in [0.1, 0.15) is 16.8 Å². The number of hydrogen-bond acceptors (Lipinski definition) is 5. The number of phenols is 1. The fraction of sp³-hybridized carbons (Fsp3) is 0.333. The molecule has 0 radical (unpaired) electrons. The average Bonchev–Trinajstić information content (AvgIpc) is 2.75. The van der Waals surface area contributed by atoms with Crippen LogP contribution < -0.4 is 4.74 Å². The Morgan fingerprint density at radius 2 is 2.29 bits per heavy atom. The van der Waals surface area contributed by atoms with Gasteiger partial charge in [0, 0.05) is 5.56 Å². The highest BCUT2D eigenvalue weighted by molar-refractivity contribution is 6.01. The van der Waals surface area contributed by atoms with Gasteiger partial charge < -0.3 is 14.6 Å². The van der Waals surface area contributed by atoms with E-state index in [1.165, 1.54) is 25.3 Å². The number of ether oxygens (including phenoxy) is 2. The summed E-state index contributed by atoms with van der Waals surface area (Å²) in [5, 5.41) is 9.41. The van der Waals surface area contributed by atoms with Gasteiger partial charge in [-0.25, -0.2) is 0 Å². The second kappa shape index (κ2) is 4.45. The van der Waals surface area contributed by atoms with Crippen molar-refractivity contribution in [2.45, 2.75) is 6.42 Å². The quantitative estimate of drug-likeness (QED) is 0.629. The predicted molar refractivity (Wildman–Crippen MR) is 58.1 cm³/mol. The lowest BCUT2D eigenvalue weighted by Gasteiger charge is -2.08. The first kappa shape index (κ1) is 11.4. The van der Waals surface area contributed by atoms with Crippen molar-refractivity contribution in [3.63, 3.8) is 0 Å². The number of rotatable bonds is 3. The van der Waals surface area contributed by atoms with Gasteiger partial charge in [-0.1, -0.05) is 0 Å². The largest absolute Gasteiger partial charge is 0.504 e. The summed E-state index contributed by atoms with van der Waals surface area (Å²) in [6, 6.07) is 4.35. The van der Waals surface area contributed by atoms with E-state index in [4.69, 9.17) is 9.47 Å². The van der Waals surface area contributed by atoms with Gasteiger partial charge in [0.05, 0.1) is 19.4 Å². The Kier molecular flexibility index (Phi) is 2.99. The second-order valence-electron chi connectivity index (χ2n) is 3.83. The van der Waals surface area contributed by atoms with Crippen LogP contribution in [0.2, 0.25) is 0 Å². The summed E-state index contributed by atoms with van der Waals surface area (Å²) in [5.41, 5.74) is 0.406. The van der Waals surface area contributed by atoms with Gasteiger partial charge in [0.15, 0.2) is 17.3 Å². The van der Waals surface area contributed by atoms with Crippen LogP contribution in [0.5, 0.6) is 11.5 Å². The molecule has 1 fully saturated rings. The van der Waals surface area contributed by atoms with Crippen molar-refractivity contribution in [2.24, 2.45) is 5.92 Å². The molecule has 5 heteroatoms. The maximum absolute atomic E-state index is 12.0. The van der Waals surface area contributed by atoms with E-state index in [1.807, 2.05) is 0 Å². The van der Waals surface area contributed by atoms with Gasteiger partial charge in [-0.15, -0.1) is 0 Å². The first-order valence-corrected chi connectivity index (χ1v) is 5.18. The lowest BCUT2D eigenvalue weighted by Crippen LogP contribution is -2.14. The maximum Gasteiger partial charge on any atom is 0.306 e. The summed E-state index contributed by atoms with van der Waals surface area (Å²) < 4.78 is 9.67. The normalized spacial score (nSPS) is 18.9. The highest BCUT2D eigenvalue weighted by atomic mass is 16.5. The molecular weight excluding hydrogens is 224 g/mol. The van der Waals surface area contributed by atoms with Gasteiger partial charge in [-0.05, 0) is 18.2 Å². The third kappa shape index (κ3) is 2.22. The molecule has 0 aromatic heterocycles. The zero-order chi connectivity index (χ0) is 12.4.